The molecule has 11 rings (SSSR count). The highest BCUT2D eigenvalue weighted by atomic mass is 15.1. The van der Waals surface area contributed by atoms with Crippen LogP contribution >= 0.6 is 0 Å². The first-order valence-electron chi connectivity index (χ1n) is 23.7. The largest absolute Gasteiger partial charge is 0.310 e. The molecule has 2 aliphatic carbocycles. The fraction of sp³-hybridized carbons (Fsp3) is 0.0448. The molecule has 0 radical (unpaired) electrons. The maximum absolute atomic E-state index is 4.15. The number of hydrogen-bond donors (Lipinski definition) is 0. The van der Waals surface area contributed by atoms with E-state index in [1.165, 1.54) is 83.5 Å². The number of allylic oxidation sites excluding steroid dienone is 9. The van der Waals surface area contributed by atoms with Crippen LogP contribution in [0.1, 0.15) is 46.2 Å². The molecule has 1 nitrogen and oxygen atoms in total. The Kier molecular flexibility index (Phi) is 11.6. The van der Waals surface area contributed by atoms with Gasteiger partial charge in [0.15, 0.2) is 0 Å². The van der Waals surface area contributed by atoms with Crippen molar-refractivity contribution in [3.8, 4) is 33.4 Å². The lowest BCUT2D eigenvalue weighted by molar-refractivity contribution is 0.814. The number of anilines is 3. The smallest absolute Gasteiger partial charge is 0.0720 e. The van der Waals surface area contributed by atoms with E-state index in [0.29, 0.717) is 0 Å². The summed E-state index contributed by atoms with van der Waals surface area (Å²) in [5.41, 5.74) is 20.5. The maximum atomic E-state index is 4.15. The zero-order valence-corrected chi connectivity index (χ0v) is 38.0. The first kappa shape index (κ1) is 42.1. The van der Waals surface area contributed by atoms with Gasteiger partial charge in [0.2, 0.25) is 0 Å². The van der Waals surface area contributed by atoms with Crippen LogP contribution in [0.25, 0.3) is 50.1 Å². The van der Waals surface area contributed by atoms with Gasteiger partial charge in [-0.25, -0.2) is 0 Å². The summed E-state index contributed by atoms with van der Waals surface area (Å²) in [7, 11) is 0. The highest BCUT2D eigenvalue weighted by Crippen LogP contribution is 2.60. The molecule has 2 aliphatic rings. The molecule has 0 heterocycles. The molecule has 0 spiro atoms. The minimum absolute atomic E-state index is 0.697. The van der Waals surface area contributed by atoms with Gasteiger partial charge in [0, 0.05) is 16.9 Å². The van der Waals surface area contributed by atoms with Crippen molar-refractivity contribution >= 4 is 33.8 Å². The van der Waals surface area contributed by atoms with Gasteiger partial charge in [-0.3, -0.25) is 0 Å². The number of rotatable bonds is 12. The Morgan fingerprint density at radius 2 is 0.926 bits per heavy atom. The van der Waals surface area contributed by atoms with Gasteiger partial charge in [-0.1, -0.05) is 243 Å². The lowest BCUT2D eigenvalue weighted by atomic mass is 9.65. The average Bonchev–Trinajstić information content (AvgIpc) is 3.72. The predicted octanol–water partition coefficient (Wildman–Crippen LogP) is 17.9. The topological polar surface area (TPSA) is 3.24 Å². The standard InChI is InChI=1S/C67H51N/c1-2-3-34-62-61-45-44-60(48-64(61)67(57-30-18-8-19-31-57,58-32-20-9-21-33-58)66(62)55-37-35-52(36-38-55)49-22-10-4-11-23-49)68(59-42-39-53(40-43-59)50-24-12-5-13-25-50)65-46-41-56(51-26-14-6-15-27-51)47-63(65)54-28-16-7-17-29-54/h2-5,7-14,16-48H,1,6,15H2/b34-3-. The number of fused-ring (bicyclic) bond motifs is 1. The number of hydrogen-bond acceptors (Lipinski definition) is 1. The van der Waals surface area contributed by atoms with E-state index in [-0.39, 0.29) is 0 Å². The summed E-state index contributed by atoms with van der Waals surface area (Å²) in [5.74, 6) is 0. The van der Waals surface area contributed by atoms with Gasteiger partial charge in [-0.05, 0) is 127 Å². The Bertz CT molecular complexity index is 3300. The Morgan fingerprint density at radius 1 is 0.426 bits per heavy atom. The molecule has 0 saturated carbocycles. The van der Waals surface area contributed by atoms with Gasteiger partial charge in [0.25, 0.3) is 0 Å². The van der Waals surface area contributed by atoms with Crippen molar-refractivity contribution < 1.29 is 0 Å². The molecule has 0 amide bonds. The molecule has 9 aromatic carbocycles. The van der Waals surface area contributed by atoms with Gasteiger partial charge in [0.1, 0.15) is 0 Å². The molecular formula is C67H51N. The molecule has 0 aromatic heterocycles. The molecule has 0 bridgehead atoms. The molecule has 0 N–H and O–H groups in total. The summed E-state index contributed by atoms with van der Waals surface area (Å²) >= 11 is 0. The monoisotopic (exact) mass is 869 g/mol. The highest BCUT2D eigenvalue weighted by molar-refractivity contribution is 6.09. The van der Waals surface area contributed by atoms with Crippen LogP contribution in [-0.4, -0.2) is 0 Å². The molecular weight excluding hydrogens is 819 g/mol. The van der Waals surface area contributed by atoms with Gasteiger partial charge in [0.05, 0.1) is 11.1 Å². The van der Waals surface area contributed by atoms with Crippen LogP contribution in [0.2, 0.25) is 0 Å². The second-order valence-electron chi connectivity index (χ2n) is 17.5. The minimum Gasteiger partial charge on any atom is -0.310 e. The third-order valence-corrected chi connectivity index (χ3v) is 13.6. The third-order valence-electron chi connectivity index (χ3n) is 13.6. The lowest BCUT2D eigenvalue weighted by Crippen LogP contribution is -2.29. The normalized spacial score (nSPS) is 13.9. The summed E-state index contributed by atoms with van der Waals surface area (Å²) < 4.78 is 0. The summed E-state index contributed by atoms with van der Waals surface area (Å²) in [6.07, 6.45) is 15.3. The molecule has 9 aromatic rings. The number of benzene rings is 9. The molecule has 68 heavy (non-hydrogen) atoms. The van der Waals surface area contributed by atoms with Gasteiger partial charge < -0.3 is 4.90 Å². The van der Waals surface area contributed by atoms with Crippen molar-refractivity contribution in [1.82, 2.24) is 0 Å². The maximum Gasteiger partial charge on any atom is 0.0720 e. The Balaban J connectivity index is 1.18. The zero-order valence-electron chi connectivity index (χ0n) is 38.0. The van der Waals surface area contributed by atoms with Crippen LogP contribution in [-0.2, 0) is 5.41 Å². The van der Waals surface area contributed by atoms with E-state index in [1.54, 1.807) is 0 Å². The quantitative estimate of drug-likeness (QED) is 0.111. The van der Waals surface area contributed by atoms with Crippen LogP contribution in [0.5, 0.6) is 0 Å². The van der Waals surface area contributed by atoms with E-state index in [1.807, 2.05) is 6.08 Å². The van der Waals surface area contributed by atoms with Gasteiger partial charge in [-0.2, -0.15) is 0 Å². The van der Waals surface area contributed by atoms with Crippen molar-refractivity contribution in [2.24, 2.45) is 0 Å². The minimum atomic E-state index is -0.697. The van der Waals surface area contributed by atoms with Crippen molar-refractivity contribution in [3.05, 3.63) is 313 Å². The van der Waals surface area contributed by atoms with E-state index in [2.05, 4.69) is 278 Å². The third kappa shape index (κ3) is 7.78. The molecule has 1 heteroatoms. The first-order chi connectivity index (χ1) is 33.7. The second-order valence-corrected chi connectivity index (χ2v) is 17.5. The SMILES string of the molecule is C=C/C=C\C1=C(c2ccc(-c3ccccc3)cc2)C(c2ccccc2)(c2ccccc2)c2cc(N(c3ccc(-c4ccccc4)cc3)c3ccc(C4=CCCC=C4)cc3-c3ccccc3)ccc21. The van der Waals surface area contributed by atoms with Crippen molar-refractivity contribution in [3.63, 3.8) is 0 Å². The Hall–Kier alpha value is -8.52. The van der Waals surface area contributed by atoms with Crippen LogP contribution in [0.3, 0.4) is 0 Å². The van der Waals surface area contributed by atoms with E-state index in [9.17, 15) is 0 Å². The van der Waals surface area contributed by atoms with Crippen LogP contribution < -0.4 is 4.90 Å². The predicted molar refractivity (Wildman–Crippen MR) is 289 cm³/mol. The molecule has 0 aliphatic heterocycles. The Morgan fingerprint density at radius 3 is 1.49 bits per heavy atom. The molecule has 0 unspecified atom stereocenters. The van der Waals surface area contributed by atoms with E-state index in [0.717, 1.165) is 29.9 Å². The number of nitrogens with zero attached hydrogens (tertiary/aromatic N) is 1. The summed E-state index contributed by atoms with van der Waals surface area (Å²) in [4.78, 5) is 2.47. The van der Waals surface area contributed by atoms with Crippen molar-refractivity contribution in [2.45, 2.75) is 18.3 Å². The second kappa shape index (κ2) is 18.8. The van der Waals surface area contributed by atoms with E-state index >= 15 is 0 Å². The highest BCUT2D eigenvalue weighted by Gasteiger charge is 2.48. The zero-order chi connectivity index (χ0) is 45.7. The van der Waals surface area contributed by atoms with E-state index in [4.69, 9.17) is 0 Å². The van der Waals surface area contributed by atoms with Crippen LogP contribution in [0.4, 0.5) is 17.1 Å². The molecule has 0 atom stereocenters. The van der Waals surface area contributed by atoms with Gasteiger partial charge >= 0.3 is 0 Å². The summed E-state index contributed by atoms with van der Waals surface area (Å²) in [6, 6.07) is 86.8. The van der Waals surface area contributed by atoms with Crippen molar-refractivity contribution in [1.29, 1.82) is 0 Å². The van der Waals surface area contributed by atoms with Gasteiger partial charge in [-0.15, -0.1) is 0 Å². The Labute approximate surface area is 401 Å². The molecule has 324 valence electrons. The summed E-state index contributed by atoms with van der Waals surface area (Å²) in [5, 5.41) is 0. The molecule has 0 saturated heterocycles. The molecule has 0 fully saturated rings. The first-order valence-corrected chi connectivity index (χ1v) is 23.7. The summed E-state index contributed by atoms with van der Waals surface area (Å²) in [6.45, 7) is 4.15. The fourth-order valence-corrected chi connectivity index (χ4v) is 10.4. The fourth-order valence-electron chi connectivity index (χ4n) is 10.4. The average molecular weight is 870 g/mol. The lowest BCUT2D eigenvalue weighted by Gasteiger charge is -2.37. The van der Waals surface area contributed by atoms with Crippen LogP contribution in [0.15, 0.2) is 280 Å². The van der Waals surface area contributed by atoms with Crippen molar-refractivity contribution in [2.75, 3.05) is 4.90 Å². The van der Waals surface area contributed by atoms with Crippen LogP contribution in [0, 0.1) is 0 Å². The van der Waals surface area contributed by atoms with E-state index < -0.39 is 5.41 Å².